The summed E-state index contributed by atoms with van der Waals surface area (Å²) in [7, 11) is 0. The minimum absolute atomic E-state index is 0.144. The summed E-state index contributed by atoms with van der Waals surface area (Å²) >= 11 is 15.2. The second-order valence-corrected chi connectivity index (χ2v) is 7.79. The Balaban J connectivity index is 2.11. The molecule has 0 spiro atoms. The number of aliphatic hydroxyl groups is 2. The predicted octanol–water partition coefficient (Wildman–Crippen LogP) is 2.61. The molecule has 1 aliphatic rings. The summed E-state index contributed by atoms with van der Waals surface area (Å²) in [6, 6.07) is 2.91. The van der Waals surface area contributed by atoms with Crippen LogP contribution in [0, 0.1) is 0 Å². The first kappa shape index (κ1) is 20.6. The number of halogens is 4. The van der Waals surface area contributed by atoms with E-state index in [1.807, 2.05) is 0 Å². The molecule has 1 aromatic heterocycles. The van der Waals surface area contributed by atoms with Crippen molar-refractivity contribution in [3.63, 3.8) is 0 Å². The van der Waals surface area contributed by atoms with Crippen LogP contribution in [0.1, 0.15) is 20.1 Å². The van der Waals surface area contributed by atoms with Gasteiger partial charge in [-0.25, -0.2) is 9.37 Å². The molecule has 0 radical (unpaired) electrons. The number of alkyl halides is 1. The average molecular weight is 484 g/mol. The highest BCUT2D eigenvalue weighted by Crippen LogP contribution is 2.41. The van der Waals surface area contributed by atoms with E-state index in [-0.39, 0.29) is 14.8 Å². The molecule has 1 saturated heterocycles. The SMILES string of the molecule is CC(=O)C(O)(C(C)=O)[C@H]1O[C@@H](n2c(Br)nc3cc(Cl)c(Cl)cc32)[C@@H](F)[C@@H]1O. The topological polar surface area (TPSA) is 102 Å². The van der Waals surface area contributed by atoms with Crippen molar-refractivity contribution in [2.75, 3.05) is 0 Å². The van der Waals surface area contributed by atoms with Gasteiger partial charge in [0.25, 0.3) is 0 Å². The molecule has 3 rings (SSSR count). The van der Waals surface area contributed by atoms with Crippen LogP contribution in [0.15, 0.2) is 16.9 Å². The van der Waals surface area contributed by atoms with Gasteiger partial charge in [-0.05, 0) is 41.9 Å². The van der Waals surface area contributed by atoms with Gasteiger partial charge in [-0.2, -0.15) is 0 Å². The van der Waals surface area contributed by atoms with Crippen LogP contribution in [0.2, 0.25) is 10.0 Å². The lowest BCUT2D eigenvalue weighted by molar-refractivity contribution is -0.173. The molecule has 0 unspecified atom stereocenters. The lowest BCUT2D eigenvalue weighted by Gasteiger charge is -2.30. The molecule has 2 aromatic rings. The zero-order valence-electron chi connectivity index (χ0n) is 14.0. The number of rotatable bonds is 4. The summed E-state index contributed by atoms with van der Waals surface area (Å²) in [5, 5.41) is 21.2. The minimum Gasteiger partial charge on any atom is -0.387 e. The van der Waals surface area contributed by atoms with Crippen molar-refractivity contribution in [1.29, 1.82) is 0 Å². The van der Waals surface area contributed by atoms with Gasteiger partial charge >= 0.3 is 0 Å². The Morgan fingerprint density at radius 3 is 2.41 bits per heavy atom. The fourth-order valence-electron chi connectivity index (χ4n) is 3.14. The second kappa shape index (κ2) is 7.06. The molecule has 1 aromatic carbocycles. The summed E-state index contributed by atoms with van der Waals surface area (Å²) in [6.45, 7) is 1.92. The first-order valence-electron chi connectivity index (χ1n) is 7.74. The van der Waals surface area contributed by atoms with E-state index in [4.69, 9.17) is 27.9 Å². The summed E-state index contributed by atoms with van der Waals surface area (Å²) in [4.78, 5) is 27.9. The average Bonchev–Trinajstić information content (AvgIpc) is 3.04. The molecule has 2 N–H and O–H groups in total. The third-order valence-corrected chi connectivity index (χ3v) is 5.90. The first-order chi connectivity index (χ1) is 12.5. The van der Waals surface area contributed by atoms with E-state index in [0.717, 1.165) is 13.8 Å². The molecule has 4 atom stereocenters. The highest BCUT2D eigenvalue weighted by Gasteiger charge is 2.59. The van der Waals surface area contributed by atoms with Crippen LogP contribution in [0.4, 0.5) is 4.39 Å². The number of hydrogen-bond donors (Lipinski definition) is 2. The molecule has 0 saturated carbocycles. The number of hydrogen-bond acceptors (Lipinski definition) is 6. The highest BCUT2D eigenvalue weighted by molar-refractivity contribution is 9.10. The van der Waals surface area contributed by atoms with Gasteiger partial charge in [0.2, 0.25) is 5.60 Å². The third kappa shape index (κ3) is 3.10. The number of ketones is 2. The van der Waals surface area contributed by atoms with Crippen molar-refractivity contribution < 1.29 is 28.9 Å². The van der Waals surface area contributed by atoms with E-state index in [1.54, 1.807) is 0 Å². The van der Waals surface area contributed by atoms with E-state index >= 15 is 0 Å². The Bertz CT molecular complexity index is 939. The normalized spacial score (nSPS) is 25.9. The molecule has 2 heterocycles. The zero-order chi connectivity index (χ0) is 20.3. The van der Waals surface area contributed by atoms with Crippen LogP contribution < -0.4 is 0 Å². The number of imidazole rings is 1. The van der Waals surface area contributed by atoms with Gasteiger partial charge in [0.05, 0.1) is 21.1 Å². The minimum atomic E-state index is -2.68. The fraction of sp³-hybridized carbons (Fsp3) is 0.438. The molecule has 0 aliphatic carbocycles. The van der Waals surface area contributed by atoms with Crippen molar-refractivity contribution in [3.8, 4) is 0 Å². The van der Waals surface area contributed by atoms with E-state index in [0.29, 0.717) is 11.0 Å². The van der Waals surface area contributed by atoms with Crippen LogP contribution in [0.5, 0.6) is 0 Å². The third-order valence-electron chi connectivity index (χ3n) is 4.62. The van der Waals surface area contributed by atoms with Gasteiger partial charge in [0.15, 0.2) is 28.7 Å². The molecule has 0 amide bonds. The number of carbonyl (C=O) groups excluding carboxylic acids is 2. The molecular weight excluding hydrogens is 470 g/mol. The van der Waals surface area contributed by atoms with E-state index in [1.165, 1.54) is 16.7 Å². The van der Waals surface area contributed by atoms with Crippen LogP contribution in [-0.2, 0) is 14.3 Å². The molecule has 0 bridgehead atoms. The van der Waals surface area contributed by atoms with Gasteiger partial charge in [-0.3, -0.25) is 14.2 Å². The smallest absolute Gasteiger partial charge is 0.209 e. The standard InChI is InChI=1S/C16H14BrCl2FN2O5/c1-5(23)16(26,6(2)24)13-12(25)11(20)14(27-13)22-10-4-8(19)7(18)3-9(10)21-15(22)17/h3-4,11-14,25-26H,1-2H3/t11-,12-,13-,14+/m0/s1. The lowest BCUT2D eigenvalue weighted by Crippen LogP contribution is -2.58. The monoisotopic (exact) mass is 482 g/mol. The molecule has 11 heteroatoms. The first-order valence-corrected chi connectivity index (χ1v) is 9.29. The number of fused-ring (bicyclic) bond motifs is 1. The number of aromatic nitrogens is 2. The Morgan fingerprint density at radius 2 is 1.85 bits per heavy atom. The highest BCUT2D eigenvalue weighted by atomic mass is 79.9. The summed E-state index contributed by atoms with van der Waals surface area (Å²) < 4.78 is 21.8. The van der Waals surface area contributed by atoms with Crippen LogP contribution >= 0.6 is 39.1 Å². The van der Waals surface area contributed by atoms with E-state index in [9.17, 15) is 24.2 Å². The van der Waals surface area contributed by atoms with Crippen molar-refractivity contribution in [3.05, 3.63) is 26.9 Å². The molecular formula is C16H14BrCl2FN2O5. The molecule has 7 nitrogen and oxygen atoms in total. The van der Waals surface area contributed by atoms with Gasteiger partial charge in [0, 0.05) is 0 Å². The van der Waals surface area contributed by atoms with Gasteiger partial charge in [-0.1, -0.05) is 23.2 Å². The summed E-state index contributed by atoms with van der Waals surface area (Å²) in [6.07, 6.45) is -7.27. The second-order valence-electron chi connectivity index (χ2n) is 6.27. The zero-order valence-corrected chi connectivity index (χ0v) is 17.1. The quantitative estimate of drug-likeness (QED) is 0.648. The van der Waals surface area contributed by atoms with Gasteiger partial charge < -0.3 is 14.9 Å². The van der Waals surface area contributed by atoms with Crippen molar-refractivity contribution in [2.45, 2.75) is 44.1 Å². The van der Waals surface area contributed by atoms with Crippen LogP contribution in [-0.4, -0.2) is 55.3 Å². The maximum atomic E-state index is 14.9. The number of aliphatic hydroxyl groups excluding tert-OH is 1. The predicted molar refractivity (Wildman–Crippen MR) is 98.6 cm³/mol. The Kier molecular flexibility index (Phi) is 5.39. The number of ether oxygens (including phenoxy) is 1. The maximum absolute atomic E-state index is 14.9. The Hall–Kier alpha value is -1.10. The summed E-state index contributed by atoms with van der Waals surface area (Å²) in [5.41, 5.74) is -1.97. The maximum Gasteiger partial charge on any atom is 0.209 e. The number of Topliss-reactive ketones (excluding diaryl/α,β-unsaturated/α-hetero) is 2. The molecule has 146 valence electrons. The fourth-order valence-corrected chi connectivity index (χ4v) is 4.04. The Morgan fingerprint density at radius 1 is 1.30 bits per heavy atom. The summed E-state index contributed by atoms with van der Waals surface area (Å²) in [5.74, 6) is -1.92. The van der Waals surface area contributed by atoms with Gasteiger partial charge in [-0.15, -0.1) is 0 Å². The Labute approximate surface area is 171 Å². The van der Waals surface area contributed by atoms with Crippen LogP contribution in [0.25, 0.3) is 11.0 Å². The number of nitrogens with zero attached hydrogens (tertiary/aromatic N) is 2. The molecule has 1 fully saturated rings. The number of carbonyl (C=O) groups is 2. The number of benzene rings is 1. The van der Waals surface area contributed by atoms with E-state index in [2.05, 4.69) is 20.9 Å². The van der Waals surface area contributed by atoms with Crippen LogP contribution in [0.3, 0.4) is 0 Å². The lowest BCUT2D eigenvalue weighted by atomic mass is 9.85. The largest absolute Gasteiger partial charge is 0.387 e. The van der Waals surface area contributed by atoms with Crippen molar-refractivity contribution >= 4 is 61.7 Å². The molecule has 27 heavy (non-hydrogen) atoms. The van der Waals surface area contributed by atoms with Crippen molar-refractivity contribution in [2.24, 2.45) is 0 Å². The molecule has 1 aliphatic heterocycles. The van der Waals surface area contributed by atoms with Gasteiger partial charge in [0.1, 0.15) is 12.2 Å². The van der Waals surface area contributed by atoms with Crippen molar-refractivity contribution in [1.82, 2.24) is 9.55 Å². The van der Waals surface area contributed by atoms with E-state index < -0.39 is 41.8 Å².